The van der Waals surface area contributed by atoms with Crippen molar-refractivity contribution in [3.05, 3.63) is 76.4 Å². The van der Waals surface area contributed by atoms with Crippen molar-refractivity contribution in [1.29, 1.82) is 0 Å². The minimum Gasteiger partial charge on any atom is -0.308 e. The molecule has 3 heterocycles. The van der Waals surface area contributed by atoms with Crippen LogP contribution in [0.2, 0.25) is 5.02 Å². The predicted molar refractivity (Wildman–Crippen MR) is 97.4 cm³/mol. The van der Waals surface area contributed by atoms with Gasteiger partial charge in [-0.3, -0.25) is 0 Å². The van der Waals surface area contributed by atoms with Gasteiger partial charge < -0.3 is 4.57 Å². The molecule has 0 spiro atoms. The van der Waals surface area contributed by atoms with Gasteiger partial charge in [0.2, 0.25) is 0 Å². The first-order chi connectivity index (χ1) is 10.8. The van der Waals surface area contributed by atoms with Crippen molar-refractivity contribution in [3.8, 4) is 26.8 Å². The maximum absolute atomic E-state index is 6.05. The average molecular weight is 342 g/mol. The summed E-state index contributed by atoms with van der Waals surface area (Å²) in [5.41, 5.74) is 3.54. The van der Waals surface area contributed by atoms with Crippen molar-refractivity contribution in [2.75, 3.05) is 0 Å². The molecule has 0 N–H and O–H groups in total. The van der Waals surface area contributed by atoms with E-state index < -0.39 is 0 Å². The van der Waals surface area contributed by atoms with Crippen LogP contribution in [0, 0.1) is 0 Å². The van der Waals surface area contributed by atoms with Gasteiger partial charge in [0, 0.05) is 10.7 Å². The molecule has 108 valence electrons. The lowest BCUT2D eigenvalue weighted by Gasteiger charge is -2.12. The van der Waals surface area contributed by atoms with Crippen LogP contribution in [0.25, 0.3) is 26.8 Å². The molecule has 0 fully saturated rings. The van der Waals surface area contributed by atoms with Gasteiger partial charge in [0.1, 0.15) is 0 Å². The smallest absolute Gasteiger partial charge is 0.0635 e. The highest BCUT2D eigenvalue weighted by molar-refractivity contribution is 7.14. The summed E-state index contributed by atoms with van der Waals surface area (Å²) in [6.07, 6.45) is 0. The highest BCUT2D eigenvalue weighted by Crippen LogP contribution is 2.36. The summed E-state index contributed by atoms with van der Waals surface area (Å²) in [5, 5.41) is 4.98. The first-order valence-corrected chi connectivity index (χ1v) is 9.02. The van der Waals surface area contributed by atoms with Crippen molar-refractivity contribution >= 4 is 34.3 Å². The highest BCUT2D eigenvalue weighted by atomic mass is 35.5. The fourth-order valence-electron chi connectivity index (χ4n) is 2.54. The molecule has 22 heavy (non-hydrogen) atoms. The molecule has 0 radical (unpaired) electrons. The molecule has 0 unspecified atom stereocenters. The van der Waals surface area contributed by atoms with E-state index in [4.69, 9.17) is 11.6 Å². The molecule has 1 aromatic carbocycles. The molecule has 0 atom stereocenters. The number of halogens is 1. The van der Waals surface area contributed by atoms with Gasteiger partial charge in [0.15, 0.2) is 0 Å². The molecular formula is C18H12ClNS2. The Morgan fingerprint density at radius 3 is 1.68 bits per heavy atom. The number of rotatable bonds is 3. The van der Waals surface area contributed by atoms with Crippen molar-refractivity contribution in [3.63, 3.8) is 0 Å². The fraction of sp³-hybridized carbons (Fsp3) is 0. The van der Waals surface area contributed by atoms with Crippen LogP contribution in [-0.4, -0.2) is 4.57 Å². The third-order valence-corrected chi connectivity index (χ3v) is 5.55. The molecule has 0 aliphatic rings. The Morgan fingerprint density at radius 1 is 0.682 bits per heavy atom. The van der Waals surface area contributed by atoms with E-state index in [0.717, 1.165) is 10.7 Å². The van der Waals surface area contributed by atoms with E-state index in [-0.39, 0.29) is 0 Å². The minimum atomic E-state index is 0.756. The van der Waals surface area contributed by atoms with Crippen molar-refractivity contribution in [2.45, 2.75) is 0 Å². The van der Waals surface area contributed by atoms with Gasteiger partial charge in [-0.05, 0) is 59.3 Å². The van der Waals surface area contributed by atoms with Crippen LogP contribution in [-0.2, 0) is 0 Å². The quantitative estimate of drug-likeness (QED) is 0.396. The number of benzene rings is 1. The lowest BCUT2D eigenvalue weighted by atomic mass is 10.2. The molecule has 1 nitrogen and oxygen atoms in total. The van der Waals surface area contributed by atoms with E-state index in [1.807, 2.05) is 12.1 Å². The van der Waals surface area contributed by atoms with Gasteiger partial charge >= 0.3 is 0 Å². The van der Waals surface area contributed by atoms with Crippen LogP contribution < -0.4 is 0 Å². The SMILES string of the molecule is Clc1ccc(-n2c(-c3cccs3)ccc2-c2cccs2)cc1. The summed E-state index contributed by atoms with van der Waals surface area (Å²) in [7, 11) is 0. The van der Waals surface area contributed by atoms with E-state index in [1.54, 1.807) is 22.7 Å². The van der Waals surface area contributed by atoms with Crippen molar-refractivity contribution < 1.29 is 0 Å². The lowest BCUT2D eigenvalue weighted by molar-refractivity contribution is 1.10. The summed E-state index contributed by atoms with van der Waals surface area (Å²) >= 11 is 9.56. The number of thiophene rings is 2. The van der Waals surface area contributed by atoms with E-state index >= 15 is 0 Å². The number of nitrogens with zero attached hydrogens (tertiary/aromatic N) is 1. The molecular weight excluding hydrogens is 330 g/mol. The van der Waals surface area contributed by atoms with E-state index in [2.05, 4.69) is 63.9 Å². The van der Waals surface area contributed by atoms with Crippen LogP contribution in [0.4, 0.5) is 0 Å². The number of aromatic nitrogens is 1. The maximum Gasteiger partial charge on any atom is 0.0635 e. The highest BCUT2D eigenvalue weighted by Gasteiger charge is 2.14. The normalized spacial score (nSPS) is 11.0. The average Bonchev–Trinajstić information content (AvgIpc) is 3.27. The Balaban J connectivity index is 1.96. The first kappa shape index (κ1) is 13.8. The molecule has 0 saturated carbocycles. The Hall–Kier alpha value is -1.81. The largest absolute Gasteiger partial charge is 0.308 e. The fourth-order valence-corrected chi connectivity index (χ4v) is 4.15. The van der Waals surface area contributed by atoms with E-state index in [0.29, 0.717) is 0 Å². The third-order valence-electron chi connectivity index (χ3n) is 3.51. The minimum absolute atomic E-state index is 0.756. The molecule has 3 aromatic heterocycles. The molecule has 0 bridgehead atoms. The van der Waals surface area contributed by atoms with Crippen LogP contribution in [0.5, 0.6) is 0 Å². The molecule has 4 rings (SSSR count). The van der Waals surface area contributed by atoms with E-state index in [9.17, 15) is 0 Å². The van der Waals surface area contributed by atoms with Crippen LogP contribution in [0.15, 0.2) is 71.4 Å². The third kappa shape index (κ3) is 2.41. The van der Waals surface area contributed by atoms with Gasteiger partial charge in [0.05, 0.1) is 21.1 Å². The number of hydrogen-bond donors (Lipinski definition) is 0. The summed E-state index contributed by atoms with van der Waals surface area (Å²) in [5.74, 6) is 0. The zero-order valence-electron chi connectivity index (χ0n) is 11.6. The van der Waals surface area contributed by atoms with Gasteiger partial charge in [0.25, 0.3) is 0 Å². The topological polar surface area (TPSA) is 4.93 Å². The Bertz CT molecular complexity index is 820. The zero-order chi connectivity index (χ0) is 14.9. The molecule has 0 aliphatic heterocycles. The molecule has 0 aliphatic carbocycles. The van der Waals surface area contributed by atoms with Gasteiger partial charge in [-0.25, -0.2) is 0 Å². The standard InChI is InChI=1S/C18H12ClNS2/c19-13-5-7-14(8-6-13)20-15(17-3-1-11-21-17)9-10-16(20)18-4-2-12-22-18/h1-12H. The Morgan fingerprint density at radius 2 is 1.23 bits per heavy atom. The molecule has 4 heteroatoms. The summed E-state index contributed by atoms with van der Waals surface area (Å²) in [6.45, 7) is 0. The van der Waals surface area contributed by atoms with Crippen LogP contribution in [0.3, 0.4) is 0 Å². The molecule has 4 aromatic rings. The Kier molecular flexibility index (Phi) is 3.62. The second kappa shape index (κ2) is 5.76. The summed E-state index contributed by atoms with van der Waals surface area (Å²) in [4.78, 5) is 2.52. The number of hydrogen-bond acceptors (Lipinski definition) is 2. The van der Waals surface area contributed by atoms with Gasteiger partial charge in [-0.2, -0.15) is 0 Å². The summed E-state index contributed by atoms with van der Waals surface area (Å²) < 4.78 is 2.30. The molecule has 0 amide bonds. The predicted octanol–water partition coefficient (Wildman–Crippen LogP) is 6.59. The van der Waals surface area contributed by atoms with Gasteiger partial charge in [-0.1, -0.05) is 23.7 Å². The van der Waals surface area contributed by atoms with E-state index in [1.165, 1.54) is 21.1 Å². The van der Waals surface area contributed by atoms with Crippen molar-refractivity contribution in [2.24, 2.45) is 0 Å². The van der Waals surface area contributed by atoms with Crippen LogP contribution in [0.1, 0.15) is 0 Å². The summed E-state index contributed by atoms with van der Waals surface area (Å²) in [6, 6.07) is 20.9. The zero-order valence-corrected chi connectivity index (χ0v) is 14.0. The second-order valence-electron chi connectivity index (χ2n) is 4.87. The monoisotopic (exact) mass is 341 g/mol. The second-order valence-corrected chi connectivity index (χ2v) is 7.20. The lowest BCUT2D eigenvalue weighted by Crippen LogP contribution is -1.97. The van der Waals surface area contributed by atoms with Crippen molar-refractivity contribution in [1.82, 2.24) is 4.57 Å². The maximum atomic E-state index is 6.05. The first-order valence-electron chi connectivity index (χ1n) is 6.88. The van der Waals surface area contributed by atoms with Crippen LogP contribution >= 0.6 is 34.3 Å². The molecule has 0 saturated heterocycles. The Labute approximate surface area is 142 Å². The van der Waals surface area contributed by atoms with Gasteiger partial charge in [-0.15, -0.1) is 22.7 Å².